The molecule has 0 radical (unpaired) electrons. The Labute approximate surface area is 75.3 Å². The molecule has 1 fully saturated rings. The predicted octanol–water partition coefficient (Wildman–Crippen LogP) is 0.0190. The summed E-state index contributed by atoms with van der Waals surface area (Å²) < 4.78 is 0. The van der Waals surface area contributed by atoms with Crippen LogP contribution in [0.15, 0.2) is 0 Å². The molecular formula is C9H21N3. The maximum atomic E-state index is 5.48. The first kappa shape index (κ1) is 9.96. The maximum absolute atomic E-state index is 5.48. The van der Waals surface area contributed by atoms with Gasteiger partial charge in [-0.3, -0.25) is 4.90 Å². The smallest absolute Gasteiger partial charge is 0.0221 e. The topological polar surface area (TPSA) is 41.3 Å². The molecule has 1 aliphatic rings. The Kier molecular flexibility index (Phi) is 4.58. The normalized spacial score (nSPS) is 25.0. The van der Waals surface area contributed by atoms with Crippen LogP contribution in [0.3, 0.4) is 0 Å². The minimum Gasteiger partial charge on any atom is -0.330 e. The van der Waals surface area contributed by atoms with Gasteiger partial charge in [0.15, 0.2) is 0 Å². The van der Waals surface area contributed by atoms with Gasteiger partial charge in [-0.25, -0.2) is 0 Å². The molecule has 1 saturated heterocycles. The number of hydrogen-bond donors (Lipinski definition) is 2. The summed E-state index contributed by atoms with van der Waals surface area (Å²) in [7, 11) is 2.03. The van der Waals surface area contributed by atoms with E-state index in [1.165, 1.54) is 25.9 Å². The highest BCUT2D eigenvalue weighted by Gasteiger charge is 2.22. The van der Waals surface area contributed by atoms with E-state index in [1.807, 2.05) is 7.05 Å². The van der Waals surface area contributed by atoms with Crippen molar-refractivity contribution >= 4 is 0 Å². The van der Waals surface area contributed by atoms with Gasteiger partial charge in [-0.05, 0) is 45.9 Å². The molecule has 1 heterocycles. The van der Waals surface area contributed by atoms with Crippen LogP contribution in [0.5, 0.6) is 0 Å². The van der Waals surface area contributed by atoms with E-state index in [4.69, 9.17) is 5.73 Å². The second-order valence-corrected chi connectivity index (χ2v) is 3.53. The summed E-state index contributed by atoms with van der Waals surface area (Å²) in [4.78, 5) is 2.56. The molecule has 1 aliphatic heterocycles. The molecule has 0 saturated carbocycles. The molecule has 1 rings (SSSR count). The number of likely N-dealkylation sites (N-methyl/N-ethyl adjacent to an activating group) is 1. The lowest BCUT2D eigenvalue weighted by Crippen LogP contribution is -2.37. The van der Waals surface area contributed by atoms with Gasteiger partial charge in [0.05, 0.1) is 0 Å². The molecule has 0 amide bonds. The molecule has 1 unspecified atom stereocenters. The highest BCUT2D eigenvalue weighted by Crippen LogP contribution is 2.16. The molecule has 0 bridgehead atoms. The summed E-state index contributed by atoms with van der Waals surface area (Å²) in [5, 5.41) is 3.24. The third kappa shape index (κ3) is 2.73. The maximum Gasteiger partial charge on any atom is 0.0221 e. The number of nitrogens with two attached hydrogens (primary N) is 1. The number of nitrogens with zero attached hydrogens (tertiary/aromatic N) is 1. The Balaban J connectivity index is 2.20. The molecule has 12 heavy (non-hydrogen) atoms. The fourth-order valence-electron chi connectivity index (χ4n) is 1.95. The van der Waals surface area contributed by atoms with Gasteiger partial charge in [-0.1, -0.05) is 0 Å². The predicted molar refractivity (Wildman–Crippen MR) is 52.2 cm³/mol. The molecule has 0 aromatic rings. The van der Waals surface area contributed by atoms with Gasteiger partial charge in [0.1, 0.15) is 0 Å². The molecule has 0 aromatic carbocycles. The first-order valence-corrected chi connectivity index (χ1v) is 4.97. The molecule has 0 spiro atoms. The van der Waals surface area contributed by atoms with Crippen molar-refractivity contribution in [3.8, 4) is 0 Å². The summed E-state index contributed by atoms with van der Waals surface area (Å²) in [6.45, 7) is 4.41. The summed E-state index contributed by atoms with van der Waals surface area (Å²) in [5.41, 5.74) is 5.48. The molecule has 1 atom stereocenters. The van der Waals surface area contributed by atoms with Crippen molar-refractivity contribution in [3.05, 3.63) is 0 Å². The molecule has 3 N–H and O–H groups in total. The van der Waals surface area contributed by atoms with E-state index >= 15 is 0 Å². The Bertz CT molecular complexity index is 116. The van der Waals surface area contributed by atoms with Gasteiger partial charge in [0.25, 0.3) is 0 Å². The van der Waals surface area contributed by atoms with Gasteiger partial charge in [0.2, 0.25) is 0 Å². The van der Waals surface area contributed by atoms with Crippen molar-refractivity contribution in [3.63, 3.8) is 0 Å². The van der Waals surface area contributed by atoms with E-state index < -0.39 is 0 Å². The number of rotatable bonds is 5. The zero-order valence-electron chi connectivity index (χ0n) is 8.05. The Morgan fingerprint density at radius 2 is 2.42 bits per heavy atom. The molecular weight excluding hydrogens is 150 g/mol. The molecule has 3 heteroatoms. The minimum atomic E-state index is 0.765. The minimum absolute atomic E-state index is 0.765. The van der Waals surface area contributed by atoms with Crippen molar-refractivity contribution in [1.29, 1.82) is 0 Å². The largest absolute Gasteiger partial charge is 0.330 e. The van der Waals surface area contributed by atoms with Gasteiger partial charge >= 0.3 is 0 Å². The van der Waals surface area contributed by atoms with E-state index in [0.29, 0.717) is 0 Å². The lowest BCUT2D eigenvalue weighted by molar-refractivity contribution is 0.249. The highest BCUT2D eigenvalue weighted by atomic mass is 15.2. The van der Waals surface area contributed by atoms with E-state index in [0.717, 1.165) is 25.6 Å². The molecule has 0 aliphatic carbocycles. The van der Waals surface area contributed by atoms with E-state index in [9.17, 15) is 0 Å². The Hall–Kier alpha value is -0.120. The average molecular weight is 171 g/mol. The lowest BCUT2D eigenvalue weighted by Gasteiger charge is -2.23. The van der Waals surface area contributed by atoms with Gasteiger partial charge in [-0.2, -0.15) is 0 Å². The van der Waals surface area contributed by atoms with Crippen LogP contribution in [0, 0.1) is 0 Å². The summed E-state index contributed by atoms with van der Waals surface area (Å²) >= 11 is 0. The number of hydrogen-bond acceptors (Lipinski definition) is 3. The van der Waals surface area contributed by atoms with Crippen LogP contribution in [0.4, 0.5) is 0 Å². The van der Waals surface area contributed by atoms with Crippen LogP contribution in [-0.2, 0) is 0 Å². The lowest BCUT2D eigenvalue weighted by atomic mass is 10.2. The van der Waals surface area contributed by atoms with Crippen molar-refractivity contribution in [2.75, 3.05) is 33.2 Å². The van der Waals surface area contributed by atoms with Crippen LogP contribution >= 0.6 is 0 Å². The third-order valence-electron chi connectivity index (χ3n) is 2.59. The van der Waals surface area contributed by atoms with Crippen LogP contribution in [0.25, 0.3) is 0 Å². The molecule has 72 valence electrons. The van der Waals surface area contributed by atoms with Crippen LogP contribution in [-0.4, -0.2) is 44.2 Å². The van der Waals surface area contributed by atoms with Crippen molar-refractivity contribution in [2.24, 2.45) is 5.73 Å². The Morgan fingerprint density at radius 1 is 1.58 bits per heavy atom. The SMILES string of the molecule is CNCC1CCCN1CCCN. The summed E-state index contributed by atoms with van der Waals surface area (Å²) in [6.07, 6.45) is 3.85. The van der Waals surface area contributed by atoms with Crippen molar-refractivity contribution in [2.45, 2.75) is 25.3 Å². The second kappa shape index (κ2) is 5.51. The fraction of sp³-hybridized carbons (Fsp3) is 1.00. The Morgan fingerprint density at radius 3 is 3.08 bits per heavy atom. The van der Waals surface area contributed by atoms with Gasteiger partial charge in [-0.15, -0.1) is 0 Å². The van der Waals surface area contributed by atoms with Crippen LogP contribution < -0.4 is 11.1 Å². The van der Waals surface area contributed by atoms with Crippen LogP contribution in [0.1, 0.15) is 19.3 Å². The van der Waals surface area contributed by atoms with Gasteiger partial charge in [0, 0.05) is 12.6 Å². The van der Waals surface area contributed by atoms with Crippen LogP contribution in [0.2, 0.25) is 0 Å². The standard InChI is InChI=1S/C9H21N3/c1-11-8-9-4-2-6-12(9)7-3-5-10/h9,11H,2-8,10H2,1H3. The fourth-order valence-corrected chi connectivity index (χ4v) is 1.95. The highest BCUT2D eigenvalue weighted by molar-refractivity contribution is 4.80. The molecule has 3 nitrogen and oxygen atoms in total. The van der Waals surface area contributed by atoms with Gasteiger partial charge < -0.3 is 11.1 Å². The number of likely N-dealkylation sites (tertiary alicyclic amines) is 1. The van der Waals surface area contributed by atoms with Crippen molar-refractivity contribution < 1.29 is 0 Å². The summed E-state index contributed by atoms with van der Waals surface area (Å²) in [6, 6.07) is 0.765. The number of nitrogens with one attached hydrogen (secondary N) is 1. The first-order chi connectivity index (χ1) is 5.88. The van der Waals surface area contributed by atoms with Crippen molar-refractivity contribution in [1.82, 2.24) is 10.2 Å². The second-order valence-electron chi connectivity index (χ2n) is 3.53. The quantitative estimate of drug-likeness (QED) is 0.613. The van der Waals surface area contributed by atoms with E-state index in [1.54, 1.807) is 0 Å². The first-order valence-electron chi connectivity index (χ1n) is 4.97. The van der Waals surface area contributed by atoms with E-state index in [-0.39, 0.29) is 0 Å². The summed E-state index contributed by atoms with van der Waals surface area (Å²) in [5.74, 6) is 0. The van der Waals surface area contributed by atoms with E-state index in [2.05, 4.69) is 10.2 Å². The zero-order valence-corrected chi connectivity index (χ0v) is 8.05. The monoisotopic (exact) mass is 171 g/mol. The third-order valence-corrected chi connectivity index (χ3v) is 2.59. The zero-order chi connectivity index (χ0) is 8.81. The molecule has 0 aromatic heterocycles. The average Bonchev–Trinajstić information content (AvgIpc) is 2.50.